The van der Waals surface area contributed by atoms with Crippen LogP contribution < -0.4 is 16.4 Å². The van der Waals surface area contributed by atoms with E-state index in [0.717, 1.165) is 23.2 Å². The summed E-state index contributed by atoms with van der Waals surface area (Å²) in [5, 5.41) is 6.07. The maximum Gasteiger partial charge on any atom is 0.316 e. The first kappa shape index (κ1) is 12.7. The summed E-state index contributed by atoms with van der Waals surface area (Å²) in [5.74, 6) is 1.61. The lowest BCUT2D eigenvalue weighted by Gasteiger charge is -2.39. The van der Waals surface area contributed by atoms with Crippen LogP contribution in [0.1, 0.15) is 26.7 Å². The largest absolute Gasteiger partial charge is 0.382 e. The van der Waals surface area contributed by atoms with E-state index in [4.69, 9.17) is 5.73 Å². The second kappa shape index (κ2) is 5.29. The predicted octanol–water partition coefficient (Wildman–Crippen LogP) is 3.02. The van der Waals surface area contributed by atoms with Crippen molar-refractivity contribution in [2.75, 3.05) is 10.6 Å². The van der Waals surface area contributed by atoms with Crippen molar-refractivity contribution >= 4 is 17.4 Å². The predicted molar refractivity (Wildman–Crippen MR) is 74.6 cm³/mol. The molecule has 0 saturated heterocycles. The summed E-state index contributed by atoms with van der Waals surface area (Å²) in [7, 11) is 0. The molecule has 2 amide bonds. The molecule has 1 aromatic carbocycles. The Morgan fingerprint density at radius 3 is 2.61 bits per heavy atom. The van der Waals surface area contributed by atoms with E-state index in [1.807, 2.05) is 24.3 Å². The molecule has 1 aliphatic rings. The standard InChI is InChI=1S/C14H21N3O/c1-9(2)10-6-13(7-10)16-11-4-3-5-12(8-11)17-14(15)18/h3-5,8-10,13,16H,6-7H2,1-2H3,(H3,15,17,18). The first-order valence-corrected chi connectivity index (χ1v) is 6.47. The highest BCUT2D eigenvalue weighted by Crippen LogP contribution is 2.35. The van der Waals surface area contributed by atoms with Gasteiger partial charge in [-0.05, 0) is 42.9 Å². The number of rotatable bonds is 4. The fraction of sp³-hybridized carbons (Fsp3) is 0.500. The molecule has 0 radical (unpaired) electrons. The first-order valence-electron chi connectivity index (χ1n) is 6.47. The average Bonchev–Trinajstić information content (AvgIpc) is 2.21. The van der Waals surface area contributed by atoms with Crippen molar-refractivity contribution in [1.29, 1.82) is 0 Å². The van der Waals surface area contributed by atoms with Gasteiger partial charge in [0.05, 0.1) is 0 Å². The lowest BCUT2D eigenvalue weighted by molar-refractivity contribution is 0.212. The van der Waals surface area contributed by atoms with Gasteiger partial charge in [0.25, 0.3) is 0 Å². The molecule has 4 heteroatoms. The van der Waals surface area contributed by atoms with E-state index in [2.05, 4.69) is 24.5 Å². The Kier molecular flexibility index (Phi) is 3.75. The van der Waals surface area contributed by atoms with Crippen molar-refractivity contribution in [2.24, 2.45) is 17.6 Å². The van der Waals surface area contributed by atoms with Crippen LogP contribution in [0.25, 0.3) is 0 Å². The summed E-state index contributed by atoms with van der Waals surface area (Å²) in [6.45, 7) is 4.55. The Balaban J connectivity index is 1.89. The SMILES string of the molecule is CC(C)C1CC(Nc2cccc(NC(N)=O)c2)C1. The van der Waals surface area contributed by atoms with Crippen molar-refractivity contribution in [3.8, 4) is 0 Å². The molecule has 0 unspecified atom stereocenters. The summed E-state index contributed by atoms with van der Waals surface area (Å²) in [4.78, 5) is 10.8. The summed E-state index contributed by atoms with van der Waals surface area (Å²) < 4.78 is 0. The van der Waals surface area contributed by atoms with Crippen molar-refractivity contribution in [1.82, 2.24) is 0 Å². The third-order valence-corrected chi connectivity index (χ3v) is 3.62. The Bertz CT molecular complexity index is 425. The van der Waals surface area contributed by atoms with E-state index in [-0.39, 0.29) is 0 Å². The van der Waals surface area contributed by atoms with Crippen molar-refractivity contribution in [3.05, 3.63) is 24.3 Å². The summed E-state index contributed by atoms with van der Waals surface area (Å²) in [5.41, 5.74) is 6.86. The molecule has 0 aromatic heterocycles. The topological polar surface area (TPSA) is 67.2 Å². The monoisotopic (exact) mass is 247 g/mol. The Hall–Kier alpha value is -1.71. The molecule has 1 saturated carbocycles. The van der Waals surface area contributed by atoms with E-state index in [9.17, 15) is 4.79 Å². The lowest BCUT2D eigenvalue weighted by Crippen LogP contribution is -2.37. The molecule has 18 heavy (non-hydrogen) atoms. The minimum Gasteiger partial charge on any atom is -0.382 e. The molecule has 1 fully saturated rings. The average molecular weight is 247 g/mol. The number of benzene rings is 1. The number of hydrogen-bond donors (Lipinski definition) is 3. The molecule has 4 N–H and O–H groups in total. The molecule has 1 aromatic rings. The zero-order chi connectivity index (χ0) is 13.1. The highest BCUT2D eigenvalue weighted by molar-refractivity contribution is 5.88. The number of amides is 2. The molecule has 1 aliphatic carbocycles. The van der Waals surface area contributed by atoms with Crippen LogP contribution in [-0.2, 0) is 0 Å². The number of carbonyl (C=O) groups is 1. The molecule has 98 valence electrons. The summed E-state index contributed by atoms with van der Waals surface area (Å²) >= 11 is 0. The molecule has 0 atom stereocenters. The summed E-state index contributed by atoms with van der Waals surface area (Å²) in [6.07, 6.45) is 2.45. The molecule has 2 rings (SSSR count). The van der Waals surface area contributed by atoms with E-state index < -0.39 is 6.03 Å². The van der Waals surface area contributed by atoms with Gasteiger partial charge in [0.15, 0.2) is 0 Å². The van der Waals surface area contributed by atoms with Crippen molar-refractivity contribution < 1.29 is 4.79 Å². The number of hydrogen-bond acceptors (Lipinski definition) is 2. The van der Waals surface area contributed by atoms with Gasteiger partial charge in [-0.15, -0.1) is 0 Å². The quantitative estimate of drug-likeness (QED) is 0.765. The first-order chi connectivity index (χ1) is 8.54. The van der Waals surface area contributed by atoms with Crippen LogP contribution in [0.5, 0.6) is 0 Å². The number of urea groups is 1. The third-order valence-electron chi connectivity index (χ3n) is 3.62. The minimum absolute atomic E-state index is 0.532. The molecule has 0 bridgehead atoms. The molecule has 4 nitrogen and oxygen atoms in total. The number of nitrogens with one attached hydrogen (secondary N) is 2. The van der Waals surface area contributed by atoms with Gasteiger partial charge in [-0.1, -0.05) is 19.9 Å². The van der Waals surface area contributed by atoms with Gasteiger partial charge in [-0.3, -0.25) is 0 Å². The van der Waals surface area contributed by atoms with Gasteiger partial charge in [0.2, 0.25) is 0 Å². The van der Waals surface area contributed by atoms with Gasteiger partial charge in [-0.2, -0.15) is 0 Å². The van der Waals surface area contributed by atoms with E-state index in [1.165, 1.54) is 12.8 Å². The van der Waals surface area contributed by atoms with Crippen molar-refractivity contribution in [3.63, 3.8) is 0 Å². The smallest absolute Gasteiger partial charge is 0.316 e. The molecule has 0 spiro atoms. The van der Waals surface area contributed by atoms with E-state index in [0.29, 0.717) is 6.04 Å². The third kappa shape index (κ3) is 3.15. The fourth-order valence-corrected chi connectivity index (χ4v) is 2.39. The fourth-order valence-electron chi connectivity index (χ4n) is 2.39. The highest BCUT2D eigenvalue weighted by Gasteiger charge is 2.30. The van der Waals surface area contributed by atoms with E-state index in [1.54, 1.807) is 0 Å². The van der Waals surface area contributed by atoms with Gasteiger partial charge in [-0.25, -0.2) is 4.79 Å². The van der Waals surface area contributed by atoms with Crippen LogP contribution in [0.2, 0.25) is 0 Å². The molecular formula is C14H21N3O. The number of anilines is 2. The van der Waals surface area contributed by atoms with Crippen LogP contribution in [0.15, 0.2) is 24.3 Å². The second-order valence-corrected chi connectivity index (χ2v) is 5.39. The van der Waals surface area contributed by atoms with Crippen LogP contribution >= 0.6 is 0 Å². The Morgan fingerprint density at radius 2 is 2.00 bits per heavy atom. The lowest BCUT2D eigenvalue weighted by atomic mass is 9.73. The number of primary amides is 1. The van der Waals surface area contributed by atoms with Gasteiger partial charge >= 0.3 is 6.03 Å². The molecule has 0 heterocycles. The molecule has 0 aliphatic heterocycles. The van der Waals surface area contributed by atoms with Crippen LogP contribution in [0.3, 0.4) is 0 Å². The van der Waals surface area contributed by atoms with Crippen LogP contribution in [0, 0.1) is 11.8 Å². The van der Waals surface area contributed by atoms with Crippen LogP contribution in [0.4, 0.5) is 16.2 Å². The minimum atomic E-state index is -0.532. The number of nitrogens with two attached hydrogens (primary N) is 1. The zero-order valence-electron chi connectivity index (χ0n) is 10.9. The van der Waals surface area contributed by atoms with E-state index >= 15 is 0 Å². The Morgan fingerprint density at radius 1 is 1.33 bits per heavy atom. The summed E-state index contributed by atoms with van der Waals surface area (Å²) in [6, 6.07) is 7.68. The highest BCUT2D eigenvalue weighted by atomic mass is 16.2. The van der Waals surface area contributed by atoms with Gasteiger partial charge < -0.3 is 16.4 Å². The zero-order valence-corrected chi connectivity index (χ0v) is 10.9. The molecular weight excluding hydrogens is 226 g/mol. The van der Waals surface area contributed by atoms with Crippen LogP contribution in [-0.4, -0.2) is 12.1 Å². The maximum absolute atomic E-state index is 10.8. The second-order valence-electron chi connectivity index (χ2n) is 5.39. The van der Waals surface area contributed by atoms with Gasteiger partial charge in [0.1, 0.15) is 0 Å². The van der Waals surface area contributed by atoms with Crippen molar-refractivity contribution in [2.45, 2.75) is 32.7 Å². The normalized spacial score (nSPS) is 22.4. The van der Waals surface area contributed by atoms with Gasteiger partial charge in [0, 0.05) is 17.4 Å². The maximum atomic E-state index is 10.8. The Labute approximate surface area is 108 Å². The number of carbonyl (C=O) groups excluding carboxylic acids is 1.